The molecule has 1 aliphatic heterocycles. The van der Waals surface area contributed by atoms with Crippen LogP contribution in [0.25, 0.3) is 0 Å². The van der Waals surface area contributed by atoms with Gasteiger partial charge in [-0.25, -0.2) is 0 Å². The molecule has 13 heavy (non-hydrogen) atoms. The maximum absolute atomic E-state index is 3.38. The lowest BCUT2D eigenvalue weighted by Crippen LogP contribution is -2.48. The van der Waals surface area contributed by atoms with Gasteiger partial charge in [0.05, 0.1) is 0 Å². The summed E-state index contributed by atoms with van der Waals surface area (Å²) in [6.45, 7) is 13.4. The summed E-state index contributed by atoms with van der Waals surface area (Å²) >= 11 is 0. The summed E-state index contributed by atoms with van der Waals surface area (Å²) in [6.07, 6.45) is 2.60. The molecule has 0 aromatic rings. The normalized spacial score (nSPS) is 18.2. The number of nitrogens with one attached hydrogen (secondary N) is 1. The number of hydrogen-bond donors (Lipinski definition) is 1. The molecule has 1 saturated heterocycles. The summed E-state index contributed by atoms with van der Waals surface area (Å²) in [4.78, 5) is 2.61. The third-order valence-electron chi connectivity index (χ3n) is 2.61. The SMILES string of the molecule is CC.CCC(CC)N1CCNCC1. The molecule has 0 unspecified atom stereocenters. The Labute approximate surface area is 83.7 Å². The first-order chi connectivity index (χ1) is 6.38. The van der Waals surface area contributed by atoms with E-state index in [0.29, 0.717) is 0 Å². The van der Waals surface area contributed by atoms with Crippen LogP contribution in [0.15, 0.2) is 0 Å². The van der Waals surface area contributed by atoms with E-state index < -0.39 is 0 Å². The average molecular weight is 186 g/mol. The minimum Gasteiger partial charge on any atom is -0.314 e. The summed E-state index contributed by atoms with van der Waals surface area (Å²) in [6, 6.07) is 0.831. The molecule has 1 aliphatic rings. The second kappa shape index (κ2) is 8.52. The monoisotopic (exact) mass is 186 g/mol. The third-order valence-corrected chi connectivity index (χ3v) is 2.61. The highest BCUT2D eigenvalue weighted by Gasteiger charge is 2.16. The van der Waals surface area contributed by atoms with Gasteiger partial charge in [0, 0.05) is 32.2 Å². The molecule has 1 heterocycles. The zero-order valence-electron chi connectivity index (χ0n) is 9.77. The molecule has 1 fully saturated rings. The van der Waals surface area contributed by atoms with E-state index in [1.54, 1.807) is 0 Å². The standard InChI is InChI=1S/C9H20N2.C2H6/c1-3-9(4-2)11-7-5-10-6-8-11;1-2/h9-10H,3-8H2,1-2H3;1-2H3. The van der Waals surface area contributed by atoms with Crippen LogP contribution in [-0.2, 0) is 0 Å². The van der Waals surface area contributed by atoms with Crippen LogP contribution in [0, 0.1) is 0 Å². The molecule has 80 valence electrons. The van der Waals surface area contributed by atoms with E-state index in [4.69, 9.17) is 0 Å². The fraction of sp³-hybridized carbons (Fsp3) is 1.00. The molecule has 1 rings (SSSR count). The molecule has 0 radical (unpaired) electrons. The van der Waals surface area contributed by atoms with Crippen molar-refractivity contribution in [2.24, 2.45) is 0 Å². The van der Waals surface area contributed by atoms with Crippen molar-refractivity contribution in [3.8, 4) is 0 Å². The van der Waals surface area contributed by atoms with Crippen molar-refractivity contribution < 1.29 is 0 Å². The highest BCUT2D eigenvalue weighted by molar-refractivity contribution is 4.74. The topological polar surface area (TPSA) is 15.3 Å². The Hall–Kier alpha value is -0.0800. The molecule has 1 N–H and O–H groups in total. The molecule has 0 saturated carbocycles. The second-order valence-corrected chi connectivity index (χ2v) is 3.26. The Morgan fingerprint density at radius 3 is 1.92 bits per heavy atom. The maximum Gasteiger partial charge on any atom is 0.0110 e. The van der Waals surface area contributed by atoms with Crippen LogP contribution < -0.4 is 5.32 Å². The lowest BCUT2D eigenvalue weighted by atomic mass is 10.1. The van der Waals surface area contributed by atoms with E-state index in [9.17, 15) is 0 Å². The molecule has 0 amide bonds. The van der Waals surface area contributed by atoms with E-state index >= 15 is 0 Å². The second-order valence-electron chi connectivity index (χ2n) is 3.26. The Morgan fingerprint density at radius 2 is 1.54 bits per heavy atom. The van der Waals surface area contributed by atoms with Gasteiger partial charge in [0.2, 0.25) is 0 Å². The van der Waals surface area contributed by atoms with Crippen LogP contribution in [0.1, 0.15) is 40.5 Å². The number of nitrogens with zero attached hydrogens (tertiary/aromatic N) is 1. The first-order valence-electron chi connectivity index (χ1n) is 5.83. The zero-order valence-corrected chi connectivity index (χ0v) is 9.77. The molecule has 0 atom stereocenters. The predicted molar refractivity (Wildman–Crippen MR) is 60.2 cm³/mol. The summed E-state index contributed by atoms with van der Waals surface area (Å²) in [7, 11) is 0. The van der Waals surface area contributed by atoms with Gasteiger partial charge in [-0.1, -0.05) is 27.7 Å². The van der Waals surface area contributed by atoms with E-state index in [1.165, 1.54) is 39.0 Å². The van der Waals surface area contributed by atoms with E-state index in [0.717, 1.165) is 6.04 Å². The molecular formula is C11H26N2. The van der Waals surface area contributed by atoms with Crippen molar-refractivity contribution in [2.75, 3.05) is 26.2 Å². The van der Waals surface area contributed by atoms with Gasteiger partial charge in [0.25, 0.3) is 0 Å². The van der Waals surface area contributed by atoms with Gasteiger partial charge in [0.1, 0.15) is 0 Å². The molecule has 0 aromatic carbocycles. The Kier molecular flexibility index (Phi) is 8.46. The van der Waals surface area contributed by atoms with Crippen molar-refractivity contribution in [3.05, 3.63) is 0 Å². The van der Waals surface area contributed by atoms with Gasteiger partial charge in [-0.3, -0.25) is 4.90 Å². The Balaban J connectivity index is 0.000000671. The predicted octanol–water partition coefficient (Wildman–Crippen LogP) is 2.11. The minimum absolute atomic E-state index is 0.831. The van der Waals surface area contributed by atoms with Gasteiger partial charge < -0.3 is 5.32 Å². The van der Waals surface area contributed by atoms with Crippen molar-refractivity contribution >= 4 is 0 Å². The molecule has 0 bridgehead atoms. The zero-order chi connectivity index (χ0) is 10.1. The lowest BCUT2D eigenvalue weighted by Gasteiger charge is -2.33. The summed E-state index contributed by atoms with van der Waals surface area (Å²) in [5.41, 5.74) is 0. The highest BCUT2D eigenvalue weighted by atomic mass is 15.2. The van der Waals surface area contributed by atoms with Crippen molar-refractivity contribution in [2.45, 2.75) is 46.6 Å². The molecule has 0 spiro atoms. The van der Waals surface area contributed by atoms with Gasteiger partial charge in [-0.05, 0) is 12.8 Å². The molecule has 0 aromatic heterocycles. The van der Waals surface area contributed by atoms with Crippen LogP contribution in [0.4, 0.5) is 0 Å². The van der Waals surface area contributed by atoms with Crippen LogP contribution in [0.3, 0.4) is 0 Å². The van der Waals surface area contributed by atoms with E-state index in [-0.39, 0.29) is 0 Å². The molecule has 2 heteroatoms. The van der Waals surface area contributed by atoms with Gasteiger partial charge in [-0.2, -0.15) is 0 Å². The van der Waals surface area contributed by atoms with E-state index in [1.807, 2.05) is 13.8 Å². The molecule has 0 aliphatic carbocycles. The number of rotatable bonds is 3. The smallest absolute Gasteiger partial charge is 0.0110 e. The lowest BCUT2D eigenvalue weighted by molar-refractivity contribution is 0.164. The van der Waals surface area contributed by atoms with Crippen molar-refractivity contribution in [1.82, 2.24) is 10.2 Å². The summed E-state index contributed by atoms with van der Waals surface area (Å²) < 4.78 is 0. The first-order valence-corrected chi connectivity index (χ1v) is 5.83. The van der Waals surface area contributed by atoms with Crippen molar-refractivity contribution in [1.29, 1.82) is 0 Å². The van der Waals surface area contributed by atoms with Crippen LogP contribution in [0.5, 0.6) is 0 Å². The maximum atomic E-state index is 3.38. The first kappa shape index (κ1) is 12.9. The highest BCUT2D eigenvalue weighted by Crippen LogP contribution is 2.08. The fourth-order valence-electron chi connectivity index (χ4n) is 1.85. The molecular weight excluding hydrogens is 160 g/mol. The van der Waals surface area contributed by atoms with Crippen LogP contribution in [-0.4, -0.2) is 37.1 Å². The van der Waals surface area contributed by atoms with Gasteiger partial charge >= 0.3 is 0 Å². The quantitative estimate of drug-likeness (QED) is 0.726. The van der Waals surface area contributed by atoms with Crippen LogP contribution in [0.2, 0.25) is 0 Å². The largest absolute Gasteiger partial charge is 0.314 e. The third kappa shape index (κ3) is 4.63. The Bertz CT molecular complexity index is 94.3. The molecule has 2 nitrogen and oxygen atoms in total. The van der Waals surface area contributed by atoms with E-state index in [2.05, 4.69) is 24.1 Å². The van der Waals surface area contributed by atoms with Crippen molar-refractivity contribution in [3.63, 3.8) is 0 Å². The van der Waals surface area contributed by atoms with Gasteiger partial charge in [0.15, 0.2) is 0 Å². The number of hydrogen-bond acceptors (Lipinski definition) is 2. The number of piperazine rings is 1. The average Bonchev–Trinajstić information content (AvgIpc) is 2.24. The summed E-state index contributed by atoms with van der Waals surface area (Å²) in [5.74, 6) is 0. The fourth-order valence-corrected chi connectivity index (χ4v) is 1.85. The summed E-state index contributed by atoms with van der Waals surface area (Å²) in [5, 5.41) is 3.38. The minimum atomic E-state index is 0.831. The van der Waals surface area contributed by atoms with Crippen LogP contribution >= 0.6 is 0 Å². The van der Waals surface area contributed by atoms with Gasteiger partial charge in [-0.15, -0.1) is 0 Å². The Morgan fingerprint density at radius 1 is 1.08 bits per heavy atom.